The number of methoxy groups -OCH3 is 1. The minimum atomic E-state index is -0.216. The van der Waals surface area contributed by atoms with Crippen LogP contribution < -0.4 is 4.74 Å². The normalized spacial score (nSPS) is 10.6. The van der Waals surface area contributed by atoms with Gasteiger partial charge in [0.15, 0.2) is 0 Å². The Bertz CT molecular complexity index is 896. The van der Waals surface area contributed by atoms with Crippen LogP contribution in [0.4, 0.5) is 0 Å². The average Bonchev–Trinajstić information content (AvgIpc) is 3.15. The summed E-state index contributed by atoms with van der Waals surface area (Å²) in [6.45, 7) is 2.55. The van der Waals surface area contributed by atoms with Crippen molar-refractivity contribution in [1.82, 2.24) is 15.0 Å². The van der Waals surface area contributed by atoms with Gasteiger partial charge in [0.1, 0.15) is 12.3 Å². The molecule has 0 atom stereocenters. The lowest BCUT2D eigenvalue weighted by Crippen LogP contribution is -2.30. The molecule has 1 aromatic heterocycles. The molecule has 0 fully saturated rings. The SMILES string of the molecule is CCN(Cc1nc(-c2ccccc2)no1)C(=O)c1cc(Cl)ccc1OC. The molecule has 3 rings (SSSR count). The molecule has 0 bridgehead atoms. The summed E-state index contributed by atoms with van der Waals surface area (Å²) in [5.41, 5.74) is 1.25. The van der Waals surface area contributed by atoms with E-state index in [2.05, 4.69) is 10.1 Å². The van der Waals surface area contributed by atoms with E-state index in [4.69, 9.17) is 20.9 Å². The van der Waals surface area contributed by atoms with E-state index in [0.29, 0.717) is 34.6 Å². The summed E-state index contributed by atoms with van der Waals surface area (Å²) < 4.78 is 10.6. The van der Waals surface area contributed by atoms with Crippen LogP contribution in [0.15, 0.2) is 53.1 Å². The third kappa shape index (κ3) is 3.86. The highest BCUT2D eigenvalue weighted by atomic mass is 35.5. The molecular weight excluding hydrogens is 354 g/mol. The number of hydrogen-bond acceptors (Lipinski definition) is 5. The van der Waals surface area contributed by atoms with Crippen LogP contribution in [0.2, 0.25) is 5.02 Å². The first-order chi connectivity index (χ1) is 12.6. The predicted molar refractivity (Wildman–Crippen MR) is 98.2 cm³/mol. The highest BCUT2D eigenvalue weighted by molar-refractivity contribution is 6.31. The Labute approximate surface area is 156 Å². The van der Waals surface area contributed by atoms with E-state index in [-0.39, 0.29) is 12.5 Å². The van der Waals surface area contributed by atoms with E-state index in [9.17, 15) is 4.79 Å². The molecule has 0 spiro atoms. The van der Waals surface area contributed by atoms with Gasteiger partial charge in [0, 0.05) is 17.1 Å². The number of halogens is 1. The summed E-state index contributed by atoms with van der Waals surface area (Å²) in [4.78, 5) is 18.9. The smallest absolute Gasteiger partial charge is 0.258 e. The van der Waals surface area contributed by atoms with Gasteiger partial charge in [-0.05, 0) is 25.1 Å². The van der Waals surface area contributed by atoms with Crippen molar-refractivity contribution >= 4 is 17.5 Å². The molecular formula is C19H18ClN3O3. The lowest BCUT2D eigenvalue weighted by Gasteiger charge is -2.20. The largest absolute Gasteiger partial charge is 0.496 e. The third-order valence-corrected chi connectivity index (χ3v) is 4.12. The molecule has 2 aromatic carbocycles. The second-order valence-corrected chi connectivity index (χ2v) is 5.98. The minimum absolute atomic E-state index is 0.199. The van der Waals surface area contributed by atoms with E-state index in [0.717, 1.165) is 5.56 Å². The number of aromatic nitrogens is 2. The van der Waals surface area contributed by atoms with Gasteiger partial charge in [-0.1, -0.05) is 47.1 Å². The molecule has 3 aromatic rings. The van der Waals surface area contributed by atoms with Crippen LogP contribution in [0.1, 0.15) is 23.2 Å². The highest BCUT2D eigenvalue weighted by Crippen LogP contribution is 2.25. The summed E-state index contributed by atoms with van der Waals surface area (Å²) in [5.74, 6) is 1.10. The van der Waals surface area contributed by atoms with Gasteiger partial charge in [0.25, 0.3) is 5.91 Å². The number of amides is 1. The molecule has 0 aliphatic rings. The molecule has 0 aliphatic carbocycles. The first-order valence-electron chi connectivity index (χ1n) is 8.13. The number of ether oxygens (including phenoxy) is 1. The van der Waals surface area contributed by atoms with E-state index < -0.39 is 0 Å². The Morgan fingerprint density at radius 1 is 1.23 bits per heavy atom. The van der Waals surface area contributed by atoms with Crippen molar-refractivity contribution in [3.8, 4) is 17.1 Å². The van der Waals surface area contributed by atoms with E-state index >= 15 is 0 Å². The molecule has 0 radical (unpaired) electrons. The van der Waals surface area contributed by atoms with Gasteiger partial charge in [-0.25, -0.2) is 0 Å². The maximum Gasteiger partial charge on any atom is 0.258 e. The Morgan fingerprint density at radius 3 is 2.69 bits per heavy atom. The molecule has 1 heterocycles. The Morgan fingerprint density at radius 2 is 2.00 bits per heavy atom. The minimum Gasteiger partial charge on any atom is -0.496 e. The third-order valence-electron chi connectivity index (χ3n) is 3.89. The van der Waals surface area contributed by atoms with Crippen LogP contribution in [0.5, 0.6) is 5.75 Å². The van der Waals surface area contributed by atoms with Gasteiger partial charge in [-0.15, -0.1) is 0 Å². The van der Waals surface area contributed by atoms with Gasteiger partial charge < -0.3 is 14.2 Å². The summed E-state index contributed by atoms with van der Waals surface area (Å²) in [5, 5.41) is 4.45. The van der Waals surface area contributed by atoms with Crippen molar-refractivity contribution < 1.29 is 14.1 Å². The molecule has 6 nitrogen and oxygen atoms in total. The van der Waals surface area contributed by atoms with Crippen molar-refractivity contribution in [3.63, 3.8) is 0 Å². The number of benzene rings is 2. The van der Waals surface area contributed by atoms with Gasteiger partial charge >= 0.3 is 0 Å². The van der Waals surface area contributed by atoms with Gasteiger partial charge in [0.2, 0.25) is 11.7 Å². The van der Waals surface area contributed by atoms with Crippen molar-refractivity contribution in [2.75, 3.05) is 13.7 Å². The number of nitrogens with zero attached hydrogens (tertiary/aromatic N) is 3. The molecule has 0 unspecified atom stereocenters. The summed E-state index contributed by atoms with van der Waals surface area (Å²) in [6.07, 6.45) is 0. The molecule has 0 saturated heterocycles. The fourth-order valence-electron chi connectivity index (χ4n) is 2.53. The van der Waals surface area contributed by atoms with Crippen LogP contribution in [-0.4, -0.2) is 34.6 Å². The van der Waals surface area contributed by atoms with Gasteiger partial charge in [0.05, 0.1) is 12.7 Å². The predicted octanol–water partition coefficient (Wildman–Crippen LogP) is 4.06. The zero-order chi connectivity index (χ0) is 18.5. The second kappa shape index (κ2) is 8.01. The zero-order valence-electron chi connectivity index (χ0n) is 14.5. The molecule has 0 N–H and O–H groups in total. The van der Waals surface area contributed by atoms with Gasteiger partial charge in [-0.3, -0.25) is 4.79 Å². The molecule has 1 amide bonds. The first kappa shape index (κ1) is 17.9. The van der Waals surface area contributed by atoms with E-state index in [1.165, 1.54) is 7.11 Å². The monoisotopic (exact) mass is 371 g/mol. The number of hydrogen-bond donors (Lipinski definition) is 0. The van der Waals surface area contributed by atoms with Crippen LogP contribution in [0.25, 0.3) is 11.4 Å². The number of rotatable bonds is 6. The number of carbonyl (C=O) groups excluding carboxylic acids is 1. The van der Waals surface area contributed by atoms with Crippen molar-refractivity contribution in [2.45, 2.75) is 13.5 Å². The van der Waals surface area contributed by atoms with Gasteiger partial charge in [-0.2, -0.15) is 4.98 Å². The first-order valence-corrected chi connectivity index (χ1v) is 8.51. The summed E-state index contributed by atoms with van der Waals surface area (Å²) in [6, 6.07) is 14.5. The maximum absolute atomic E-state index is 12.9. The molecule has 0 saturated carbocycles. The molecule has 7 heteroatoms. The Kier molecular flexibility index (Phi) is 5.53. The summed E-state index contributed by atoms with van der Waals surface area (Å²) >= 11 is 6.03. The van der Waals surface area contributed by atoms with Crippen LogP contribution in [0.3, 0.4) is 0 Å². The van der Waals surface area contributed by atoms with Crippen LogP contribution in [-0.2, 0) is 6.54 Å². The fourth-order valence-corrected chi connectivity index (χ4v) is 2.70. The second-order valence-electron chi connectivity index (χ2n) is 5.54. The molecule has 134 valence electrons. The van der Waals surface area contributed by atoms with E-state index in [1.54, 1.807) is 23.1 Å². The molecule has 0 aliphatic heterocycles. The van der Waals surface area contributed by atoms with Crippen LogP contribution in [0, 0.1) is 0 Å². The average molecular weight is 372 g/mol. The number of carbonyl (C=O) groups is 1. The standard InChI is InChI=1S/C19H18ClN3O3/c1-3-23(19(24)15-11-14(20)9-10-16(15)25-2)12-17-21-18(22-26-17)13-7-5-4-6-8-13/h4-11H,3,12H2,1-2H3. The van der Waals surface area contributed by atoms with E-state index in [1.807, 2.05) is 37.3 Å². The Hall–Kier alpha value is -2.86. The zero-order valence-corrected chi connectivity index (χ0v) is 15.2. The Balaban J connectivity index is 1.81. The maximum atomic E-state index is 12.9. The topological polar surface area (TPSA) is 68.5 Å². The lowest BCUT2D eigenvalue weighted by atomic mass is 10.1. The van der Waals surface area contributed by atoms with Crippen molar-refractivity contribution in [2.24, 2.45) is 0 Å². The lowest BCUT2D eigenvalue weighted by molar-refractivity contribution is 0.0731. The quantitative estimate of drug-likeness (QED) is 0.653. The summed E-state index contributed by atoms with van der Waals surface area (Å²) in [7, 11) is 1.51. The van der Waals surface area contributed by atoms with Crippen LogP contribution >= 0.6 is 11.6 Å². The molecule has 26 heavy (non-hydrogen) atoms. The fraction of sp³-hybridized carbons (Fsp3) is 0.211. The van der Waals surface area contributed by atoms with Crippen molar-refractivity contribution in [3.05, 3.63) is 65.0 Å². The van der Waals surface area contributed by atoms with Crippen molar-refractivity contribution in [1.29, 1.82) is 0 Å². The highest BCUT2D eigenvalue weighted by Gasteiger charge is 2.21.